The van der Waals surface area contributed by atoms with Crippen molar-refractivity contribution in [1.29, 1.82) is 0 Å². The highest BCUT2D eigenvalue weighted by Crippen LogP contribution is 2.47. The fraction of sp³-hybridized carbons (Fsp3) is 0.333. The zero-order valence-corrected chi connectivity index (χ0v) is 20.6. The van der Waals surface area contributed by atoms with Crippen molar-refractivity contribution in [3.8, 4) is 23.0 Å². The van der Waals surface area contributed by atoms with E-state index in [4.69, 9.17) is 9.47 Å². The number of ether oxygens (including phenoxy) is 2. The normalized spacial score (nSPS) is 20.9. The molecule has 5 rings (SSSR count). The highest BCUT2D eigenvalue weighted by atomic mass is 16.5. The summed E-state index contributed by atoms with van der Waals surface area (Å²) in [5.41, 5.74) is 5.05. The zero-order chi connectivity index (χ0) is 24.5. The summed E-state index contributed by atoms with van der Waals surface area (Å²) in [6.07, 6.45) is 2.17. The highest BCUT2D eigenvalue weighted by molar-refractivity contribution is 5.95. The Morgan fingerprint density at radius 1 is 1.00 bits per heavy atom. The Kier molecular flexibility index (Phi) is 6.44. The van der Waals surface area contributed by atoms with Crippen LogP contribution in [0.5, 0.6) is 23.0 Å². The molecule has 2 aliphatic rings. The standard InChI is InChI=1S/C30H33NO4/c1-19-5-4-16-31(19)20(2)18-34-26-13-8-23(9-14-26)30-29(22-6-10-24(32)11-7-22)21(3)27-15-12-25(33)17-28(27)35-30/h6-15,17,19-20,30,32-33H,4-5,16,18H2,1-3H3/t19-,20+,30?/m1/s1. The smallest absolute Gasteiger partial charge is 0.150 e. The van der Waals surface area contributed by atoms with Crippen LogP contribution < -0.4 is 9.47 Å². The summed E-state index contributed by atoms with van der Waals surface area (Å²) >= 11 is 0. The molecule has 0 amide bonds. The molecule has 3 aromatic rings. The van der Waals surface area contributed by atoms with Crippen LogP contribution in [0.3, 0.4) is 0 Å². The summed E-state index contributed by atoms with van der Waals surface area (Å²) in [4.78, 5) is 2.52. The van der Waals surface area contributed by atoms with Crippen LogP contribution in [-0.4, -0.2) is 40.3 Å². The molecule has 5 nitrogen and oxygen atoms in total. The van der Waals surface area contributed by atoms with Gasteiger partial charge < -0.3 is 19.7 Å². The molecule has 1 saturated heterocycles. The second kappa shape index (κ2) is 9.67. The minimum Gasteiger partial charge on any atom is -0.508 e. The van der Waals surface area contributed by atoms with Crippen LogP contribution in [0, 0.1) is 0 Å². The van der Waals surface area contributed by atoms with Gasteiger partial charge in [0.05, 0.1) is 0 Å². The maximum atomic E-state index is 10.0. The number of aromatic hydroxyl groups is 2. The Morgan fingerprint density at radius 3 is 2.40 bits per heavy atom. The monoisotopic (exact) mass is 471 g/mol. The third-order valence-electron chi connectivity index (χ3n) is 7.30. The maximum Gasteiger partial charge on any atom is 0.150 e. The van der Waals surface area contributed by atoms with E-state index >= 15 is 0 Å². The molecule has 0 radical (unpaired) electrons. The van der Waals surface area contributed by atoms with E-state index in [1.54, 1.807) is 24.3 Å². The number of hydrogen-bond donors (Lipinski definition) is 2. The fourth-order valence-corrected chi connectivity index (χ4v) is 5.35. The quantitative estimate of drug-likeness (QED) is 0.435. The van der Waals surface area contributed by atoms with Crippen molar-refractivity contribution >= 4 is 11.1 Å². The first-order chi connectivity index (χ1) is 16.9. The Morgan fingerprint density at radius 2 is 1.71 bits per heavy atom. The van der Waals surface area contributed by atoms with Crippen LogP contribution in [0.4, 0.5) is 0 Å². The predicted molar refractivity (Wildman–Crippen MR) is 139 cm³/mol. The maximum absolute atomic E-state index is 10.0. The first kappa shape index (κ1) is 23.3. The van der Waals surface area contributed by atoms with Crippen molar-refractivity contribution in [2.75, 3.05) is 13.2 Å². The average molecular weight is 472 g/mol. The van der Waals surface area contributed by atoms with Crippen LogP contribution in [0.1, 0.15) is 56.4 Å². The number of allylic oxidation sites excluding steroid dienone is 1. The summed E-state index contributed by atoms with van der Waals surface area (Å²) in [7, 11) is 0. The SMILES string of the molecule is CC1=C(c2ccc(O)cc2)C(c2ccc(OC[C@H](C)N3CCC[C@H]3C)cc2)Oc2cc(O)ccc21. The lowest BCUT2D eigenvalue weighted by Crippen LogP contribution is -2.39. The van der Waals surface area contributed by atoms with Gasteiger partial charge in [0.15, 0.2) is 0 Å². The second-order valence-corrected chi connectivity index (χ2v) is 9.72. The summed E-state index contributed by atoms with van der Waals surface area (Å²) in [5.74, 6) is 1.90. The lowest BCUT2D eigenvalue weighted by Gasteiger charge is -2.31. The van der Waals surface area contributed by atoms with E-state index in [-0.39, 0.29) is 17.6 Å². The van der Waals surface area contributed by atoms with Gasteiger partial charge in [0.25, 0.3) is 0 Å². The molecule has 1 unspecified atom stereocenters. The molecule has 0 saturated carbocycles. The number of rotatable bonds is 6. The summed E-state index contributed by atoms with van der Waals surface area (Å²) < 4.78 is 12.6. The van der Waals surface area contributed by atoms with Crippen LogP contribution in [0.15, 0.2) is 66.7 Å². The molecule has 3 atom stereocenters. The fourth-order valence-electron chi connectivity index (χ4n) is 5.35. The highest BCUT2D eigenvalue weighted by Gasteiger charge is 2.30. The van der Waals surface area contributed by atoms with Crippen molar-refractivity contribution in [1.82, 2.24) is 4.90 Å². The molecule has 0 aliphatic carbocycles. The van der Waals surface area contributed by atoms with Gasteiger partial charge in [-0.2, -0.15) is 0 Å². The Labute approximate surface area is 207 Å². The molecule has 0 spiro atoms. The summed E-state index contributed by atoms with van der Waals surface area (Å²) in [6.45, 7) is 8.41. The topological polar surface area (TPSA) is 62.2 Å². The Bertz CT molecular complexity index is 1220. The van der Waals surface area contributed by atoms with Crippen LogP contribution in [0.25, 0.3) is 11.1 Å². The predicted octanol–water partition coefficient (Wildman–Crippen LogP) is 6.41. The number of phenolic OH excluding ortho intramolecular Hbond substituents is 2. The van der Waals surface area contributed by atoms with Gasteiger partial charge in [-0.15, -0.1) is 0 Å². The van der Waals surface area contributed by atoms with Gasteiger partial charge in [0.2, 0.25) is 0 Å². The zero-order valence-electron chi connectivity index (χ0n) is 20.6. The Hall–Kier alpha value is -3.44. The lowest BCUT2D eigenvalue weighted by molar-refractivity contribution is 0.141. The van der Waals surface area contributed by atoms with E-state index in [1.165, 1.54) is 12.8 Å². The molecule has 182 valence electrons. The van der Waals surface area contributed by atoms with Gasteiger partial charge in [-0.1, -0.05) is 24.3 Å². The van der Waals surface area contributed by atoms with E-state index in [0.717, 1.165) is 40.1 Å². The second-order valence-electron chi connectivity index (χ2n) is 9.72. The lowest BCUT2D eigenvalue weighted by atomic mass is 9.86. The van der Waals surface area contributed by atoms with Crippen molar-refractivity contribution in [3.05, 3.63) is 83.4 Å². The van der Waals surface area contributed by atoms with E-state index in [1.807, 2.05) is 42.5 Å². The van der Waals surface area contributed by atoms with Crippen LogP contribution in [0.2, 0.25) is 0 Å². The minimum atomic E-state index is -0.354. The third kappa shape index (κ3) is 4.73. The molecule has 35 heavy (non-hydrogen) atoms. The van der Waals surface area contributed by atoms with Gasteiger partial charge in [0, 0.05) is 29.3 Å². The third-order valence-corrected chi connectivity index (χ3v) is 7.30. The minimum absolute atomic E-state index is 0.175. The number of likely N-dealkylation sites (tertiary alicyclic amines) is 1. The number of phenols is 2. The molecule has 2 N–H and O–H groups in total. The van der Waals surface area contributed by atoms with E-state index in [0.29, 0.717) is 24.4 Å². The van der Waals surface area contributed by atoms with Crippen LogP contribution >= 0.6 is 0 Å². The molecular formula is C30H33NO4. The first-order valence-corrected chi connectivity index (χ1v) is 12.4. The summed E-state index contributed by atoms with van der Waals surface area (Å²) in [5, 5.41) is 19.8. The van der Waals surface area contributed by atoms with Crippen molar-refractivity contribution < 1.29 is 19.7 Å². The van der Waals surface area contributed by atoms with Gasteiger partial charge in [-0.25, -0.2) is 0 Å². The molecule has 1 fully saturated rings. The number of fused-ring (bicyclic) bond motifs is 1. The molecule has 0 bridgehead atoms. The van der Waals surface area contributed by atoms with Crippen molar-refractivity contribution in [2.45, 2.75) is 51.8 Å². The van der Waals surface area contributed by atoms with Gasteiger partial charge >= 0.3 is 0 Å². The van der Waals surface area contributed by atoms with Crippen molar-refractivity contribution in [2.24, 2.45) is 0 Å². The van der Waals surface area contributed by atoms with E-state index in [9.17, 15) is 10.2 Å². The molecule has 0 aromatic heterocycles. The van der Waals surface area contributed by atoms with E-state index < -0.39 is 0 Å². The number of nitrogens with zero attached hydrogens (tertiary/aromatic N) is 1. The Balaban J connectivity index is 1.41. The average Bonchev–Trinajstić information content (AvgIpc) is 3.29. The molecule has 5 heteroatoms. The number of hydrogen-bond acceptors (Lipinski definition) is 5. The van der Waals surface area contributed by atoms with Crippen LogP contribution in [-0.2, 0) is 0 Å². The summed E-state index contributed by atoms with van der Waals surface area (Å²) in [6, 6.07) is 21.5. The molecule has 2 heterocycles. The molecule has 2 aliphatic heterocycles. The first-order valence-electron chi connectivity index (χ1n) is 12.4. The molecular weight excluding hydrogens is 438 g/mol. The number of benzene rings is 3. The van der Waals surface area contributed by atoms with Gasteiger partial charge in [-0.05, 0) is 93.3 Å². The largest absolute Gasteiger partial charge is 0.508 e. The van der Waals surface area contributed by atoms with Crippen molar-refractivity contribution in [3.63, 3.8) is 0 Å². The van der Waals surface area contributed by atoms with Gasteiger partial charge in [0.1, 0.15) is 35.7 Å². The van der Waals surface area contributed by atoms with E-state index in [2.05, 4.69) is 25.7 Å². The van der Waals surface area contributed by atoms with Gasteiger partial charge in [-0.3, -0.25) is 4.90 Å². The molecule has 3 aromatic carbocycles.